The SMILES string of the molecule is CCOC(=O)c1cccc([N+](=O)[O-])c1CBr.Cn1ccc2cc(N)ccc21.Cn1ccc2cc(N3Cc4c(cccc4[N+](=O)[O-])C3=O)ccc21. The van der Waals surface area contributed by atoms with Crippen molar-refractivity contribution in [3.8, 4) is 0 Å². The zero-order valence-corrected chi connectivity index (χ0v) is 29.0. The summed E-state index contributed by atoms with van der Waals surface area (Å²) in [6, 6.07) is 24.7. The van der Waals surface area contributed by atoms with Crippen molar-refractivity contribution in [3.05, 3.63) is 140 Å². The third kappa shape index (κ3) is 7.20. The molecular formula is C36H33BrN6O7. The van der Waals surface area contributed by atoms with E-state index in [-0.39, 0.29) is 41.3 Å². The minimum Gasteiger partial charge on any atom is -0.462 e. The number of amides is 1. The number of aromatic nitrogens is 2. The Morgan fingerprint density at radius 1 is 0.860 bits per heavy atom. The van der Waals surface area contributed by atoms with E-state index in [4.69, 9.17) is 10.5 Å². The first-order valence-electron chi connectivity index (χ1n) is 15.4. The first-order valence-corrected chi connectivity index (χ1v) is 16.5. The molecule has 4 aromatic carbocycles. The van der Waals surface area contributed by atoms with Crippen molar-refractivity contribution in [2.45, 2.75) is 18.8 Å². The quantitative estimate of drug-likeness (QED) is 0.0596. The fraction of sp³-hybridized carbons (Fsp3) is 0.167. The fourth-order valence-corrected chi connectivity index (χ4v) is 6.31. The summed E-state index contributed by atoms with van der Waals surface area (Å²) in [5, 5.41) is 24.4. The molecule has 0 spiro atoms. The lowest BCUT2D eigenvalue weighted by molar-refractivity contribution is -0.385. The average molecular weight is 742 g/mol. The highest BCUT2D eigenvalue weighted by Gasteiger charge is 2.34. The van der Waals surface area contributed by atoms with E-state index in [1.807, 2.05) is 73.5 Å². The average Bonchev–Trinajstić information content (AvgIpc) is 3.78. The largest absolute Gasteiger partial charge is 0.462 e. The van der Waals surface area contributed by atoms with Gasteiger partial charge in [0.25, 0.3) is 17.3 Å². The van der Waals surface area contributed by atoms with Crippen LogP contribution in [0.15, 0.2) is 97.3 Å². The molecule has 2 aromatic heterocycles. The number of hydrogen-bond acceptors (Lipinski definition) is 8. The Balaban J connectivity index is 0.000000157. The highest BCUT2D eigenvalue weighted by atomic mass is 79.9. The minimum atomic E-state index is -0.541. The minimum absolute atomic E-state index is 0.000797. The Morgan fingerprint density at radius 3 is 2.08 bits per heavy atom. The van der Waals surface area contributed by atoms with Gasteiger partial charge in [0.1, 0.15) is 0 Å². The van der Waals surface area contributed by atoms with Crippen LogP contribution in [0.2, 0.25) is 0 Å². The van der Waals surface area contributed by atoms with Crippen LogP contribution in [-0.2, 0) is 30.7 Å². The van der Waals surface area contributed by atoms with E-state index in [2.05, 4.69) is 26.6 Å². The summed E-state index contributed by atoms with van der Waals surface area (Å²) >= 11 is 3.13. The molecule has 3 heterocycles. The van der Waals surface area contributed by atoms with E-state index in [1.54, 1.807) is 24.0 Å². The summed E-state index contributed by atoms with van der Waals surface area (Å²) in [7, 11) is 3.99. The number of benzene rings is 4. The van der Waals surface area contributed by atoms with Crippen LogP contribution in [0.1, 0.15) is 38.8 Å². The molecule has 0 bridgehead atoms. The van der Waals surface area contributed by atoms with Gasteiger partial charge in [-0.25, -0.2) is 4.79 Å². The normalized spacial score (nSPS) is 11.8. The van der Waals surface area contributed by atoms with Gasteiger partial charge in [0, 0.05) is 77.1 Å². The van der Waals surface area contributed by atoms with Crippen molar-refractivity contribution >= 4 is 72.4 Å². The molecule has 6 aromatic rings. The van der Waals surface area contributed by atoms with Gasteiger partial charge in [-0.1, -0.05) is 28.1 Å². The van der Waals surface area contributed by atoms with Crippen molar-refractivity contribution in [1.29, 1.82) is 0 Å². The van der Waals surface area contributed by atoms with Gasteiger partial charge in [0.2, 0.25) is 0 Å². The maximum absolute atomic E-state index is 12.6. The summed E-state index contributed by atoms with van der Waals surface area (Å²) in [6.07, 6.45) is 3.99. The lowest BCUT2D eigenvalue weighted by Crippen LogP contribution is -2.22. The number of nitrogens with two attached hydrogens (primary N) is 1. The Kier molecular flexibility index (Phi) is 10.6. The third-order valence-electron chi connectivity index (χ3n) is 8.21. The van der Waals surface area contributed by atoms with Crippen molar-refractivity contribution < 1.29 is 24.2 Å². The predicted molar refractivity (Wildman–Crippen MR) is 196 cm³/mol. The molecule has 0 unspecified atom stereocenters. The fourth-order valence-electron chi connectivity index (χ4n) is 5.72. The second-order valence-corrected chi connectivity index (χ2v) is 11.8. The molecule has 0 atom stereocenters. The maximum Gasteiger partial charge on any atom is 0.338 e. The lowest BCUT2D eigenvalue weighted by atomic mass is 10.1. The summed E-state index contributed by atoms with van der Waals surface area (Å²) in [6.45, 7) is 2.15. The molecule has 0 radical (unpaired) electrons. The van der Waals surface area contributed by atoms with Crippen molar-refractivity contribution in [2.75, 3.05) is 17.2 Å². The van der Waals surface area contributed by atoms with Gasteiger partial charge in [-0.15, -0.1) is 0 Å². The third-order valence-corrected chi connectivity index (χ3v) is 8.77. The Bertz CT molecular complexity index is 2260. The highest BCUT2D eigenvalue weighted by molar-refractivity contribution is 9.08. The monoisotopic (exact) mass is 740 g/mol. The van der Waals surface area contributed by atoms with Crippen LogP contribution in [0.5, 0.6) is 0 Å². The number of carbonyl (C=O) groups excluding carboxylic acids is 2. The number of halogens is 1. The Labute approximate surface area is 294 Å². The van der Waals surface area contributed by atoms with Crippen LogP contribution in [0, 0.1) is 20.2 Å². The standard InChI is InChI=1S/C17H13N3O3.C10H10BrNO4.C9H10N2/c1-18-8-7-11-9-12(5-6-15(11)18)19-10-14-13(17(19)21)3-2-4-16(14)20(22)23;1-2-16-10(13)7-4-3-5-9(12(14)15)8(7)6-11;1-11-5-4-7-6-8(10)2-3-9(7)11/h2-9H,10H2,1H3;3-5H,2,6H2,1H3;2-6H,10H2,1H3. The molecule has 13 nitrogen and oxygen atoms in total. The molecule has 14 heteroatoms. The number of anilines is 2. The number of nitrogen functional groups attached to an aromatic ring is 1. The van der Waals surface area contributed by atoms with E-state index < -0.39 is 15.8 Å². The van der Waals surface area contributed by atoms with Gasteiger partial charge in [-0.05, 0) is 67.6 Å². The number of nitro benzene ring substituents is 2. The molecule has 1 amide bonds. The first-order chi connectivity index (χ1) is 23.9. The van der Waals surface area contributed by atoms with Gasteiger partial charge in [-0.3, -0.25) is 25.0 Å². The molecule has 2 N–H and O–H groups in total. The number of nitro groups is 2. The molecule has 0 saturated heterocycles. The molecular weight excluding hydrogens is 708 g/mol. The number of alkyl halides is 1. The Morgan fingerprint density at radius 2 is 1.46 bits per heavy atom. The van der Waals surface area contributed by atoms with Crippen LogP contribution < -0.4 is 10.6 Å². The van der Waals surface area contributed by atoms with E-state index in [0.717, 1.165) is 22.3 Å². The maximum atomic E-state index is 12.6. The number of aryl methyl sites for hydroxylation is 2. The van der Waals surface area contributed by atoms with Crippen molar-refractivity contribution in [1.82, 2.24) is 9.13 Å². The smallest absolute Gasteiger partial charge is 0.338 e. The summed E-state index contributed by atoms with van der Waals surface area (Å²) in [4.78, 5) is 46.7. The van der Waals surface area contributed by atoms with Gasteiger partial charge in [0.15, 0.2) is 0 Å². The number of hydrogen-bond donors (Lipinski definition) is 1. The number of ether oxygens (including phenoxy) is 1. The number of carbonyl (C=O) groups is 2. The molecule has 1 aliphatic heterocycles. The second-order valence-electron chi connectivity index (χ2n) is 11.3. The van der Waals surface area contributed by atoms with Crippen molar-refractivity contribution in [2.24, 2.45) is 14.1 Å². The molecule has 1 aliphatic rings. The second kappa shape index (κ2) is 15.0. The molecule has 256 valence electrons. The van der Waals surface area contributed by atoms with Crippen LogP contribution >= 0.6 is 15.9 Å². The van der Waals surface area contributed by atoms with Crippen LogP contribution in [0.3, 0.4) is 0 Å². The zero-order chi connectivity index (χ0) is 36.1. The molecule has 0 saturated carbocycles. The van der Waals surface area contributed by atoms with E-state index in [0.29, 0.717) is 16.7 Å². The van der Waals surface area contributed by atoms with E-state index in [9.17, 15) is 29.8 Å². The lowest BCUT2D eigenvalue weighted by Gasteiger charge is -2.15. The first kappa shape index (κ1) is 35.3. The van der Waals surface area contributed by atoms with Gasteiger partial charge < -0.3 is 24.5 Å². The van der Waals surface area contributed by atoms with Crippen LogP contribution in [0.25, 0.3) is 21.8 Å². The zero-order valence-electron chi connectivity index (χ0n) is 27.4. The molecule has 0 fully saturated rings. The molecule has 0 aliphatic carbocycles. The summed E-state index contributed by atoms with van der Waals surface area (Å²) in [5.74, 6) is -0.736. The van der Waals surface area contributed by atoms with E-state index >= 15 is 0 Å². The van der Waals surface area contributed by atoms with Crippen LogP contribution in [0.4, 0.5) is 22.7 Å². The number of nitrogens with zero attached hydrogens (tertiary/aromatic N) is 5. The van der Waals surface area contributed by atoms with Gasteiger partial charge >= 0.3 is 5.97 Å². The highest BCUT2D eigenvalue weighted by Crippen LogP contribution is 2.35. The van der Waals surface area contributed by atoms with Gasteiger partial charge in [0.05, 0.1) is 45.3 Å². The number of rotatable bonds is 6. The Hall–Kier alpha value is -6.02. The summed E-state index contributed by atoms with van der Waals surface area (Å²) < 4.78 is 8.91. The van der Waals surface area contributed by atoms with Crippen LogP contribution in [-0.4, -0.2) is 37.5 Å². The van der Waals surface area contributed by atoms with Gasteiger partial charge in [-0.2, -0.15) is 0 Å². The predicted octanol–water partition coefficient (Wildman–Crippen LogP) is 7.67. The van der Waals surface area contributed by atoms with Crippen molar-refractivity contribution in [3.63, 3.8) is 0 Å². The molecule has 50 heavy (non-hydrogen) atoms. The number of esters is 1. The van der Waals surface area contributed by atoms with E-state index in [1.165, 1.54) is 35.2 Å². The number of fused-ring (bicyclic) bond motifs is 3. The summed E-state index contributed by atoms with van der Waals surface area (Å²) in [5.41, 5.74) is 10.9. The molecule has 7 rings (SSSR count). The topological polar surface area (TPSA) is 169 Å².